The minimum atomic E-state index is -4.56. The summed E-state index contributed by atoms with van der Waals surface area (Å²) < 4.78 is 33.5. The predicted molar refractivity (Wildman–Crippen MR) is 61.5 cm³/mol. The molecule has 0 radical (unpaired) electrons. The molecule has 0 bridgehead atoms. The van der Waals surface area contributed by atoms with Gasteiger partial charge in [0.15, 0.2) is 0 Å². The van der Waals surface area contributed by atoms with Gasteiger partial charge in [-0.25, -0.2) is 8.42 Å². The van der Waals surface area contributed by atoms with Crippen LogP contribution in [0.25, 0.3) is 0 Å². The molecular weight excluding hydrogens is 258 g/mol. The summed E-state index contributed by atoms with van der Waals surface area (Å²) in [5, 5.41) is 1.65. The topological polar surface area (TPSA) is 93.4 Å². The van der Waals surface area contributed by atoms with Crippen LogP contribution in [0.4, 0.5) is 4.79 Å². The van der Waals surface area contributed by atoms with Gasteiger partial charge in [-0.2, -0.15) is 14.8 Å². The average molecular weight is 273 g/mol. The van der Waals surface area contributed by atoms with E-state index >= 15 is 0 Å². The zero-order valence-corrected chi connectivity index (χ0v) is 11.0. The molecule has 0 aliphatic heterocycles. The second kappa shape index (κ2) is 5.89. The minimum Gasteiger partial charge on any atom is -0.744 e. The molecule has 100 valence electrons. The maximum atomic E-state index is 11.8. The van der Waals surface area contributed by atoms with Gasteiger partial charge in [0.05, 0.1) is 11.1 Å². The normalized spacial score (nSPS) is 11.6. The molecule has 0 saturated carbocycles. The minimum absolute atomic E-state index is 0.445. The van der Waals surface area contributed by atoms with Gasteiger partial charge in [0, 0.05) is 13.1 Å². The average Bonchev–Trinajstić information content (AvgIpc) is 2.34. The van der Waals surface area contributed by atoms with Crippen LogP contribution in [0, 0.1) is 0 Å². The van der Waals surface area contributed by atoms with Crippen LogP contribution < -0.4 is 9.99 Å². The second-order valence-electron chi connectivity index (χ2n) is 3.49. The SMILES string of the molecule is CCN(CC)NC(=O)[n+]1cccc(S(=O)(=O)[O-])c1. The van der Waals surface area contributed by atoms with Gasteiger partial charge in [-0.05, 0) is 26.0 Å². The highest BCUT2D eigenvalue weighted by Gasteiger charge is 2.17. The van der Waals surface area contributed by atoms with Crippen molar-refractivity contribution in [3.63, 3.8) is 0 Å². The van der Waals surface area contributed by atoms with Crippen molar-refractivity contribution in [3.8, 4) is 0 Å². The summed E-state index contributed by atoms with van der Waals surface area (Å²) in [4.78, 5) is 11.3. The number of amides is 1. The van der Waals surface area contributed by atoms with Crippen LogP contribution in [-0.2, 0) is 10.1 Å². The molecule has 1 amide bonds. The Morgan fingerprint density at radius 3 is 2.56 bits per heavy atom. The van der Waals surface area contributed by atoms with E-state index in [1.807, 2.05) is 13.8 Å². The fraction of sp³-hybridized carbons (Fsp3) is 0.400. The molecule has 8 heteroatoms. The van der Waals surface area contributed by atoms with E-state index in [-0.39, 0.29) is 0 Å². The number of hydrazine groups is 1. The lowest BCUT2D eigenvalue weighted by Gasteiger charge is -2.12. The first-order valence-electron chi connectivity index (χ1n) is 5.41. The maximum Gasteiger partial charge on any atom is 0.514 e. The zero-order valence-electron chi connectivity index (χ0n) is 10.2. The highest BCUT2D eigenvalue weighted by atomic mass is 32.2. The number of carbonyl (C=O) groups is 1. The smallest absolute Gasteiger partial charge is 0.514 e. The molecule has 0 saturated heterocycles. The highest BCUT2D eigenvalue weighted by Crippen LogP contribution is 2.02. The Morgan fingerprint density at radius 2 is 2.06 bits per heavy atom. The Kier molecular flexibility index (Phi) is 4.76. The van der Waals surface area contributed by atoms with Crippen molar-refractivity contribution in [2.75, 3.05) is 13.1 Å². The van der Waals surface area contributed by atoms with Gasteiger partial charge in [0.2, 0.25) is 0 Å². The molecule has 1 heterocycles. The third kappa shape index (κ3) is 3.76. The largest absolute Gasteiger partial charge is 0.744 e. The quantitative estimate of drug-likeness (QED) is 0.461. The molecule has 0 spiro atoms. The number of aromatic nitrogens is 1. The number of pyridine rings is 1. The first-order chi connectivity index (χ1) is 8.38. The van der Waals surface area contributed by atoms with Crippen LogP contribution in [0.15, 0.2) is 29.4 Å². The maximum absolute atomic E-state index is 11.8. The first-order valence-corrected chi connectivity index (χ1v) is 6.82. The van der Waals surface area contributed by atoms with Crippen LogP contribution >= 0.6 is 0 Å². The van der Waals surface area contributed by atoms with E-state index in [0.29, 0.717) is 13.1 Å². The molecule has 0 aliphatic carbocycles. The summed E-state index contributed by atoms with van der Waals surface area (Å²) in [6, 6.07) is 1.94. The Bertz CT molecular complexity index is 526. The lowest BCUT2D eigenvalue weighted by molar-refractivity contribution is -0.576. The molecule has 18 heavy (non-hydrogen) atoms. The van der Waals surface area contributed by atoms with Gasteiger partial charge in [-0.15, -0.1) is 5.01 Å². The molecule has 0 fully saturated rings. The van der Waals surface area contributed by atoms with Crippen molar-refractivity contribution in [1.29, 1.82) is 0 Å². The summed E-state index contributed by atoms with van der Waals surface area (Å²) in [7, 11) is -4.56. The Morgan fingerprint density at radius 1 is 1.44 bits per heavy atom. The summed E-state index contributed by atoms with van der Waals surface area (Å²) in [6.07, 6.45) is 2.36. The third-order valence-corrected chi connectivity index (χ3v) is 3.13. The first kappa shape index (κ1) is 14.6. The van der Waals surface area contributed by atoms with Gasteiger partial charge in [0.1, 0.15) is 16.3 Å². The van der Waals surface area contributed by atoms with Crippen LogP contribution in [0.5, 0.6) is 0 Å². The summed E-state index contributed by atoms with van der Waals surface area (Å²) in [6.45, 7) is 4.96. The van der Waals surface area contributed by atoms with E-state index < -0.39 is 21.0 Å². The number of hydrogen-bond donors (Lipinski definition) is 1. The number of rotatable bonds is 4. The van der Waals surface area contributed by atoms with Crippen molar-refractivity contribution in [2.45, 2.75) is 18.7 Å². The van der Waals surface area contributed by atoms with Crippen LogP contribution in [0.2, 0.25) is 0 Å². The summed E-state index contributed by atoms with van der Waals surface area (Å²) >= 11 is 0. The van der Waals surface area contributed by atoms with Gasteiger partial charge in [0.25, 0.3) is 0 Å². The predicted octanol–water partition coefficient (Wildman–Crippen LogP) is -0.307. The highest BCUT2D eigenvalue weighted by molar-refractivity contribution is 7.85. The van der Waals surface area contributed by atoms with E-state index in [4.69, 9.17) is 0 Å². The fourth-order valence-electron chi connectivity index (χ4n) is 1.30. The van der Waals surface area contributed by atoms with Gasteiger partial charge >= 0.3 is 6.03 Å². The van der Waals surface area contributed by atoms with E-state index in [9.17, 15) is 17.8 Å². The Balaban J connectivity index is 2.94. The standard InChI is InChI=1S/C10H15N3O4S/c1-3-13(4-2)11-10(14)12-7-5-6-9(8-12)18(15,16)17/h5-8H,3-4H2,1-2H3,(H-,11,14,15,16,17). The number of nitrogens with zero attached hydrogens (tertiary/aromatic N) is 2. The van der Waals surface area contributed by atoms with Gasteiger partial charge < -0.3 is 4.55 Å². The van der Waals surface area contributed by atoms with E-state index in [1.54, 1.807) is 5.01 Å². The molecule has 1 rings (SSSR count). The third-order valence-electron chi connectivity index (χ3n) is 2.31. The number of nitrogens with one attached hydrogen (secondary N) is 1. The number of carbonyl (C=O) groups excluding carboxylic acids is 1. The van der Waals surface area contributed by atoms with Crippen molar-refractivity contribution in [1.82, 2.24) is 10.4 Å². The molecule has 1 aromatic heterocycles. The second-order valence-corrected chi connectivity index (χ2v) is 4.87. The molecule has 1 aromatic rings. The van der Waals surface area contributed by atoms with Crippen LogP contribution in [0.3, 0.4) is 0 Å². The molecule has 0 unspecified atom stereocenters. The monoisotopic (exact) mass is 273 g/mol. The molecule has 0 aromatic carbocycles. The summed E-state index contributed by atoms with van der Waals surface area (Å²) in [5.74, 6) is 0. The van der Waals surface area contributed by atoms with Crippen molar-refractivity contribution in [3.05, 3.63) is 24.5 Å². The lowest BCUT2D eigenvalue weighted by Crippen LogP contribution is -2.56. The van der Waals surface area contributed by atoms with Gasteiger partial charge in [-0.3, -0.25) is 0 Å². The van der Waals surface area contributed by atoms with Crippen molar-refractivity contribution < 1.29 is 22.3 Å². The fourth-order valence-corrected chi connectivity index (χ4v) is 1.79. The van der Waals surface area contributed by atoms with E-state index in [2.05, 4.69) is 5.43 Å². The van der Waals surface area contributed by atoms with Crippen molar-refractivity contribution in [2.24, 2.45) is 0 Å². The number of hydrogen-bond acceptors (Lipinski definition) is 5. The zero-order chi connectivity index (χ0) is 13.8. The van der Waals surface area contributed by atoms with Crippen molar-refractivity contribution >= 4 is 16.1 Å². The lowest BCUT2D eigenvalue weighted by atomic mass is 10.5. The molecule has 0 atom stereocenters. The molecular formula is C10H15N3O4S. The molecule has 0 aliphatic rings. The van der Waals surface area contributed by atoms with E-state index in [0.717, 1.165) is 16.8 Å². The Labute approximate surface area is 106 Å². The molecule has 7 nitrogen and oxygen atoms in total. The van der Waals surface area contributed by atoms with Gasteiger partial charge in [-0.1, -0.05) is 0 Å². The Hall–Kier alpha value is -1.51. The van der Waals surface area contributed by atoms with E-state index in [1.165, 1.54) is 12.3 Å². The van der Waals surface area contributed by atoms with Crippen LogP contribution in [0.1, 0.15) is 13.8 Å². The molecule has 1 N–H and O–H groups in total. The van der Waals surface area contributed by atoms with Crippen LogP contribution in [-0.4, -0.2) is 37.1 Å². The summed E-state index contributed by atoms with van der Waals surface area (Å²) in [5.41, 5.74) is 2.57.